The Morgan fingerprint density at radius 3 is 2.24 bits per heavy atom. The third-order valence-electron chi connectivity index (χ3n) is 6.32. The Kier molecular flexibility index (Phi) is 10.2. The lowest BCUT2D eigenvalue weighted by atomic mass is 9.95. The molecule has 0 N–H and O–H groups in total. The molecule has 3 aromatic rings. The monoisotopic (exact) mass is 592 g/mol. The fourth-order valence-electron chi connectivity index (χ4n) is 4.65. The number of nitrogens with zero attached hydrogens (tertiary/aromatic N) is 2. The molecule has 2 aromatic carbocycles. The Labute approximate surface area is 249 Å². The standard InChI is InChI=1S/C32H36N2O7S/c1-7-16-41-24-15-13-22(19-26(24)39-10-4)29-28(31(36)40-11-5)20(6)33-32-34(29)30(35)27(42-32)18-21-12-14-23(37-8-2)25(17-21)38-9-3/h7,12-15,17-19,29H,1,8-11,16H2,2-6H3/b27-18-/t29-/m1/s1. The third-order valence-corrected chi connectivity index (χ3v) is 7.31. The third kappa shape index (κ3) is 6.44. The zero-order valence-corrected chi connectivity index (χ0v) is 25.4. The number of esters is 1. The van der Waals surface area contributed by atoms with Gasteiger partial charge in [-0.2, -0.15) is 0 Å². The molecule has 42 heavy (non-hydrogen) atoms. The van der Waals surface area contributed by atoms with Crippen molar-refractivity contribution < 1.29 is 28.5 Å². The molecule has 0 unspecified atom stereocenters. The average molecular weight is 593 g/mol. The van der Waals surface area contributed by atoms with Gasteiger partial charge in [-0.3, -0.25) is 9.36 Å². The fourth-order valence-corrected chi connectivity index (χ4v) is 5.69. The highest BCUT2D eigenvalue weighted by Gasteiger charge is 2.34. The molecule has 0 radical (unpaired) electrons. The lowest BCUT2D eigenvalue weighted by Gasteiger charge is -2.25. The zero-order chi connectivity index (χ0) is 30.2. The minimum absolute atomic E-state index is 0.186. The molecule has 9 nitrogen and oxygen atoms in total. The number of hydrogen-bond donors (Lipinski definition) is 0. The summed E-state index contributed by atoms with van der Waals surface area (Å²) in [5.41, 5.74) is 1.92. The van der Waals surface area contributed by atoms with E-state index in [1.54, 1.807) is 42.7 Å². The molecule has 1 atom stereocenters. The average Bonchev–Trinajstić information content (AvgIpc) is 3.27. The lowest BCUT2D eigenvalue weighted by Crippen LogP contribution is -2.40. The maximum absolute atomic E-state index is 14.0. The second-order valence-electron chi connectivity index (χ2n) is 9.11. The molecule has 4 rings (SSSR count). The summed E-state index contributed by atoms with van der Waals surface area (Å²) >= 11 is 1.25. The van der Waals surface area contributed by atoms with Crippen LogP contribution in [0.25, 0.3) is 6.08 Å². The van der Waals surface area contributed by atoms with E-state index >= 15 is 0 Å². The number of fused-ring (bicyclic) bond motifs is 1. The minimum atomic E-state index is -0.783. The van der Waals surface area contributed by atoms with Gasteiger partial charge in [0.15, 0.2) is 27.8 Å². The van der Waals surface area contributed by atoms with Crippen LogP contribution in [0.5, 0.6) is 23.0 Å². The maximum atomic E-state index is 14.0. The number of carbonyl (C=O) groups excluding carboxylic acids is 1. The largest absolute Gasteiger partial charge is 0.490 e. The van der Waals surface area contributed by atoms with Crippen LogP contribution in [0.1, 0.15) is 51.8 Å². The van der Waals surface area contributed by atoms with Gasteiger partial charge < -0.3 is 23.7 Å². The second-order valence-corrected chi connectivity index (χ2v) is 10.1. The van der Waals surface area contributed by atoms with Crippen LogP contribution in [0, 0.1) is 0 Å². The highest BCUT2D eigenvalue weighted by molar-refractivity contribution is 7.07. The molecule has 2 heterocycles. The highest BCUT2D eigenvalue weighted by Crippen LogP contribution is 2.36. The highest BCUT2D eigenvalue weighted by atomic mass is 32.1. The lowest BCUT2D eigenvalue weighted by molar-refractivity contribution is -0.139. The van der Waals surface area contributed by atoms with Gasteiger partial charge >= 0.3 is 5.97 Å². The Morgan fingerprint density at radius 2 is 1.57 bits per heavy atom. The predicted molar refractivity (Wildman–Crippen MR) is 162 cm³/mol. The van der Waals surface area contributed by atoms with Gasteiger partial charge in [-0.1, -0.05) is 36.1 Å². The molecule has 0 aliphatic carbocycles. The van der Waals surface area contributed by atoms with Gasteiger partial charge in [0, 0.05) is 0 Å². The molecule has 0 amide bonds. The van der Waals surface area contributed by atoms with E-state index in [-0.39, 0.29) is 17.7 Å². The zero-order valence-electron chi connectivity index (χ0n) is 24.6. The van der Waals surface area contributed by atoms with Gasteiger partial charge in [-0.25, -0.2) is 9.79 Å². The van der Waals surface area contributed by atoms with Crippen molar-refractivity contribution in [3.63, 3.8) is 0 Å². The van der Waals surface area contributed by atoms with E-state index in [9.17, 15) is 9.59 Å². The van der Waals surface area contributed by atoms with Crippen LogP contribution in [0.15, 0.2) is 70.1 Å². The van der Waals surface area contributed by atoms with Crippen molar-refractivity contribution in [2.45, 2.75) is 40.7 Å². The molecule has 0 saturated carbocycles. The Morgan fingerprint density at radius 1 is 0.929 bits per heavy atom. The van der Waals surface area contributed by atoms with Gasteiger partial charge in [0.2, 0.25) is 0 Å². The summed E-state index contributed by atoms with van der Waals surface area (Å²) in [6.07, 6.45) is 3.44. The first-order valence-corrected chi connectivity index (χ1v) is 14.8. The number of rotatable bonds is 13. The number of benzene rings is 2. The second kappa shape index (κ2) is 14.0. The molecule has 1 aliphatic heterocycles. The minimum Gasteiger partial charge on any atom is -0.490 e. The van der Waals surface area contributed by atoms with E-state index < -0.39 is 12.0 Å². The quantitative estimate of drug-likeness (QED) is 0.212. The smallest absolute Gasteiger partial charge is 0.338 e. The first-order chi connectivity index (χ1) is 20.4. The maximum Gasteiger partial charge on any atom is 0.338 e. The van der Waals surface area contributed by atoms with Gasteiger partial charge in [-0.15, -0.1) is 0 Å². The van der Waals surface area contributed by atoms with Crippen molar-refractivity contribution in [3.05, 3.63) is 91.1 Å². The fraction of sp³-hybridized carbons (Fsp3) is 0.344. The van der Waals surface area contributed by atoms with E-state index in [4.69, 9.17) is 23.7 Å². The van der Waals surface area contributed by atoms with Gasteiger partial charge in [0.25, 0.3) is 5.56 Å². The summed E-state index contributed by atoms with van der Waals surface area (Å²) in [5, 5.41) is 0. The number of allylic oxidation sites excluding steroid dienone is 1. The number of ether oxygens (including phenoxy) is 5. The van der Waals surface area contributed by atoms with E-state index in [2.05, 4.69) is 11.6 Å². The van der Waals surface area contributed by atoms with Crippen LogP contribution in [-0.2, 0) is 9.53 Å². The molecule has 0 spiro atoms. The topological polar surface area (TPSA) is 97.6 Å². The number of thiazole rings is 1. The molecule has 1 aliphatic rings. The normalized spacial score (nSPS) is 14.6. The van der Waals surface area contributed by atoms with E-state index in [1.165, 1.54) is 11.3 Å². The summed E-state index contributed by atoms with van der Waals surface area (Å²) in [7, 11) is 0. The molecule has 0 bridgehead atoms. The van der Waals surface area contributed by atoms with Gasteiger partial charge in [0.05, 0.1) is 48.3 Å². The Bertz CT molecular complexity index is 1670. The van der Waals surface area contributed by atoms with Crippen LogP contribution in [-0.4, -0.2) is 43.6 Å². The van der Waals surface area contributed by atoms with E-state index in [0.29, 0.717) is 70.0 Å². The van der Waals surface area contributed by atoms with Crippen LogP contribution >= 0.6 is 11.3 Å². The van der Waals surface area contributed by atoms with Crippen LogP contribution in [0.2, 0.25) is 0 Å². The van der Waals surface area contributed by atoms with E-state index in [0.717, 1.165) is 5.56 Å². The Hall–Kier alpha value is -4.31. The first kappa shape index (κ1) is 30.6. The molecule has 222 valence electrons. The summed E-state index contributed by atoms with van der Waals surface area (Å²) in [4.78, 5) is 32.4. The van der Waals surface area contributed by atoms with Gasteiger partial charge in [-0.05, 0) is 76.1 Å². The molecule has 10 heteroatoms. The molecule has 1 aromatic heterocycles. The summed E-state index contributed by atoms with van der Waals surface area (Å²) in [6, 6.07) is 10.1. The summed E-state index contributed by atoms with van der Waals surface area (Å²) < 4.78 is 30.5. The van der Waals surface area contributed by atoms with Gasteiger partial charge in [0.1, 0.15) is 6.61 Å². The van der Waals surface area contributed by atoms with Crippen molar-refractivity contribution in [1.82, 2.24) is 4.57 Å². The number of aromatic nitrogens is 1. The number of carbonyl (C=O) groups is 1. The summed E-state index contributed by atoms with van der Waals surface area (Å²) in [6.45, 7) is 14.8. The van der Waals surface area contributed by atoms with E-state index in [1.807, 2.05) is 45.0 Å². The molecular formula is C32H36N2O7S. The SMILES string of the molecule is C=CCOc1ccc([C@@H]2C(C(=O)OCC)=C(C)N=c3s/c(=C\c4ccc(OCC)c(OCC)c4)c(=O)n32)cc1OCC. The summed E-state index contributed by atoms with van der Waals surface area (Å²) in [5.74, 6) is 1.73. The van der Waals surface area contributed by atoms with Crippen molar-refractivity contribution >= 4 is 23.4 Å². The van der Waals surface area contributed by atoms with Crippen LogP contribution in [0.4, 0.5) is 0 Å². The predicted octanol–water partition coefficient (Wildman–Crippen LogP) is 4.56. The molecule has 0 saturated heterocycles. The van der Waals surface area contributed by atoms with Crippen LogP contribution in [0.3, 0.4) is 0 Å². The van der Waals surface area contributed by atoms with Crippen molar-refractivity contribution in [3.8, 4) is 23.0 Å². The van der Waals surface area contributed by atoms with Crippen molar-refractivity contribution in [2.24, 2.45) is 4.99 Å². The van der Waals surface area contributed by atoms with Crippen molar-refractivity contribution in [2.75, 3.05) is 33.0 Å². The molecule has 0 fully saturated rings. The molecular weight excluding hydrogens is 556 g/mol. The number of hydrogen-bond acceptors (Lipinski definition) is 9. The first-order valence-electron chi connectivity index (χ1n) is 14.0. The Balaban J connectivity index is 1.90. The van der Waals surface area contributed by atoms with Crippen molar-refractivity contribution in [1.29, 1.82) is 0 Å². The van der Waals surface area contributed by atoms with Crippen LogP contribution < -0.4 is 33.8 Å².